The molecule has 6 nitrogen and oxygen atoms in total. The third kappa shape index (κ3) is 4.52. The van der Waals surface area contributed by atoms with Gasteiger partial charge in [-0.2, -0.15) is 5.26 Å². The number of nitrogens with zero attached hydrogens (tertiary/aromatic N) is 1. The number of hydrogen-bond donors (Lipinski definition) is 2. The summed E-state index contributed by atoms with van der Waals surface area (Å²) in [7, 11) is -4.00. The zero-order chi connectivity index (χ0) is 20.1. The Morgan fingerprint density at radius 1 is 0.929 bits per heavy atom. The number of halogens is 1. The first-order valence-electron chi connectivity index (χ1n) is 8.07. The van der Waals surface area contributed by atoms with Crippen LogP contribution in [0.4, 0.5) is 15.8 Å². The molecule has 0 fully saturated rings. The van der Waals surface area contributed by atoms with E-state index in [1.165, 1.54) is 42.5 Å². The molecular formula is C20H14FN3O3S. The second kappa shape index (κ2) is 7.90. The molecule has 0 aliphatic heterocycles. The van der Waals surface area contributed by atoms with Crippen molar-refractivity contribution in [3.63, 3.8) is 0 Å². The Bertz CT molecular complexity index is 1170. The van der Waals surface area contributed by atoms with Crippen LogP contribution in [0.15, 0.2) is 77.7 Å². The quantitative estimate of drug-likeness (QED) is 0.687. The van der Waals surface area contributed by atoms with Crippen LogP contribution in [0.2, 0.25) is 0 Å². The van der Waals surface area contributed by atoms with Gasteiger partial charge in [0, 0.05) is 11.3 Å². The molecule has 0 aromatic heterocycles. The summed E-state index contributed by atoms with van der Waals surface area (Å²) in [4.78, 5) is 12.3. The van der Waals surface area contributed by atoms with Gasteiger partial charge < -0.3 is 5.32 Å². The van der Waals surface area contributed by atoms with E-state index in [4.69, 9.17) is 5.26 Å². The summed E-state index contributed by atoms with van der Waals surface area (Å²) in [6.45, 7) is 0. The highest BCUT2D eigenvalue weighted by Crippen LogP contribution is 2.19. The minimum absolute atomic E-state index is 0.0763. The van der Waals surface area contributed by atoms with Gasteiger partial charge in [-0.1, -0.05) is 12.1 Å². The lowest BCUT2D eigenvalue weighted by atomic mass is 10.2. The first kappa shape index (κ1) is 19.1. The predicted molar refractivity (Wildman–Crippen MR) is 103 cm³/mol. The lowest BCUT2D eigenvalue weighted by molar-refractivity contribution is 0.102. The number of nitrogens with one attached hydrogen (secondary N) is 2. The van der Waals surface area contributed by atoms with Gasteiger partial charge in [0.2, 0.25) is 0 Å². The number of sulfonamides is 1. The lowest BCUT2D eigenvalue weighted by Gasteiger charge is -2.10. The van der Waals surface area contributed by atoms with E-state index in [-0.39, 0.29) is 16.1 Å². The first-order valence-corrected chi connectivity index (χ1v) is 9.56. The SMILES string of the molecule is N#Cc1ccc(NC(=O)c2cccc(S(=O)(=O)Nc3cccc(F)c3)c2)cc1. The molecule has 0 unspecified atom stereocenters. The number of carbonyl (C=O) groups excluding carboxylic acids is 1. The number of hydrogen-bond acceptors (Lipinski definition) is 4. The smallest absolute Gasteiger partial charge is 0.261 e. The summed E-state index contributed by atoms with van der Waals surface area (Å²) < 4.78 is 40.6. The molecule has 0 bridgehead atoms. The minimum Gasteiger partial charge on any atom is -0.322 e. The number of carbonyl (C=O) groups is 1. The van der Waals surface area contributed by atoms with Crippen molar-refractivity contribution < 1.29 is 17.6 Å². The molecule has 8 heteroatoms. The summed E-state index contributed by atoms with van der Waals surface area (Å²) >= 11 is 0. The number of anilines is 2. The first-order chi connectivity index (χ1) is 13.4. The summed E-state index contributed by atoms with van der Waals surface area (Å²) in [5, 5.41) is 11.4. The molecule has 0 saturated carbocycles. The Hall–Kier alpha value is -3.70. The Balaban J connectivity index is 1.80. The topological polar surface area (TPSA) is 99.1 Å². The largest absolute Gasteiger partial charge is 0.322 e. The molecule has 0 heterocycles. The van der Waals surface area contributed by atoms with E-state index in [1.54, 1.807) is 24.3 Å². The highest BCUT2D eigenvalue weighted by atomic mass is 32.2. The van der Waals surface area contributed by atoms with Crippen molar-refractivity contribution in [2.24, 2.45) is 0 Å². The fraction of sp³-hybridized carbons (Fsp3) is 0. The summed E-state index contributed by atoms with van der Waals surface area (Å²) in [5.41, 5.74) is 1.13. The van der Waals surface area contributed by atoms with E-state index < -0.39 is 21.7 Å². The van der Waals surface area contributed by atoms with Gasteiger partial charge in [-0.3, -0.25) is 9.52 Å². The molecule has 28 heavy (non-hydrogen) atoms. The maximum Gasteiger partial charge on any atom is 0.261 e. The Kier molecular flexibility index (Phi) is 5.38. The van der Waals surface area contributed by atoms with Crippen molar-refractivity contribution in [1.82, 2.24) is 0 Å². The van der Waals surface area contributed by atoms with Gasteiger partial charge in [0.05, 0.1) is 22.2 Å². The number of rotatable bonds is 5. The van der Waals surface area contributed by atoms with Crippen LogP contribution >= 0.6 is 0 Å². The van der Waals surface area contributed by atoms with Gasteiger partial charge in [0.15, 0.2) is 0 Å². The molecule has 3 rings (SSSR count). The maximum absolute atomic E-state index is 13.3. The Labute approximate surface area is 161 Å². The second-order valence-electron chi connectivity index (χ2n) is 5.79. The minimum atomic E-state index is -4.00. The van der Waals surface area contributed by atoms with E-state index in [9.17, 15) is 17.6 Å². The molecule has 0 aliphatic carbocycles. The van der Waals surface area contributed by atoms with Gasteiger partial charge in [-0.25, -0.2) is 12.8 Å². The standard InChI is InChI=1S/C20H14FN3O3S/c21-16-4-2-5-18(12-16)24-28(26,27)19-6-1-3-15(11-19)20(25)23-17-9-7-14(13-22)8-10-17/h1-12,24H,(H,23,25). The Morgan fingerprint density at radius 2 is 1.64 bits per heavy atom. The normalized spacial score (nSPS) is 10.7. The van der Waals surface area contributed by atoms with Crippen molar-refractivity contribution in [3.8, 4) is 6.07 Å². The highest BCUT2D eigenvalue weighted by Gasteiger charge is 2.17. The predicted octanol–water partition coefficient (Wildman–Crippen LogP) is 3.75. The molecule has 0 saturated heterocycles. The van der Waals surface area contributed by atoms with Crippen LogP contribution in [-0.2, 0) is 10.0 Å². The van der Waals surface area contributed by atoms with Crippen molar-refractivity contribution >= 4 is 27.3 Å². The zero-order valence-corrected chi connectivity index (χ0v) is 15.2. The van der Waals surface area contributed by atoms with E-state index in [1.807, 2.05) is 6.07 Å². The van der Waals surface area contributed by atoms with E-state index in [0.717, 1.165) is 6.07 Å². The monoisotopic (exact) mass is 395 g/mol. The van der Waals surface area contributed by atoms with Crippen molar-refractivity contribution in [2.45, 2.75) is 4.90 Å². The molecule has 3 aromatic carbocycles. The van der Waals surface area contributed by atoms with Crippen LogP contribution in [0, 0.1) is 17.1 Å². The van der Waals surface area contributed by atoms with Crippen LogP contribution in [0.3, 0.4) is 0 Å². The molecular weight excluding hydrogens is 381 g/mol. The lowest BCUT2D eigenvalue weighted by Crippen LogP contribution is -2.16. The molecule has 1 amide bonds. The molecule has 2 N–H and O–H groups in total. The molecule has 0 aliphatic rings. The van der Waals surface area contributed by atoms with Crippen LogP contribution in [0.5, 0.6) is 0 Å². The fourth-order valence-electron chi connectivity index (χ4n) is 2.40. The number of nitriles is 1. The average Bonchev–Trinajstić information content (AvgIpc) is 2.68. The van der Waals surface area contributed by atoms with Crippen LogP contribution in [-0.4, -0.2) is 14.3 Å². The number of amides is 1. The molecule has 0 atom stereocenters. The third-order valence-electron chi connectivity index (χ3n) is 3.76. The van der Waals surface area contributed by atoms with Crippen LogP contribution in [0.25, 0.3) is 0 Å². The van der Waals surface area contributed by atoms with E-state index in [2.05, 4.69) is 10.0 Å². The van der Waals surface area contributed by atoms with Gasteiger partial charge in [0.25, 0.3) is 15.9 Å². The van der Waals surface area contributed by atoms with Gasteiger partial charge >= 0.3 is 0 Å². The zero-order valence-electron chi connectivity index (χ0n) is 14.4. The summed E-state index contributed by atoms with van der Waals surface area (Å²) in [5.74, 6) is -1.08. The van der Waals surface area contributed by atoms with Crippen molar-refractivity contribution in [2.75, 3.05) is 10.0 Å². The molecule has 0 spiro atoms. The van der Waals surface area contributed by atoms with Crippen LogP contribution in [0.1, 0.15) is 15.9 Å². The second-order valence-corrected chi connectivity index (χ2v) is 7.47. The number of benzene rings is 3. The molecule has 3 aromatic rings. The average molecular weight is 395 g/mol. The highest BCUT2D eigenvalue weighted by molar-refractivity contribution is 7.92. The third-order valence-corrected chi connectivity index (χ3v) is 5.13. The van der Waals surface area contributed by atoms with E-state index >= 15 is 0 Å². The van der Waals surface area contributed by atoms with E-state index in [0.29, 0.717) is 11.3 Å². The summed E-state index contributed by atoms with van der Waals surface area (Å²) in [6.07, 6.45) is 0. The Morgan fingerprint density at radius 3 is 2.32 bits per heavy atom. The van der Waals surface area contributed by atoms with Crippen molar-refractivity contribution in [3.05, 3.63) is 89.7 Å². The van der Waals surface area contributed by atoms with Crippen LogP contribution < -0.4 is 10.0 Å². The fourth-order valence-corrected chi connectivity index (χ4v) is 3.50. The maximum atomic E-state index is 13.3. The van der Waals surface area contributed by atoms with Gasteiger partial charge in [0.1, 0.15) is 5.82 Å². The molecule has 0 radical (unpaired) electrons. The molecule has 140 valence electrons. The van der Waals surface area contributed by atoms with Gasteiger partial charge in [-0.05, 0) is 60.7 Å². The van der Waals surface area contributed by atoms with Crippen molar-refractivity contribution in [1.29, 1.82) is 5.26 Å². The summed E-state index contributed by atoms with van der Waals surface area (Å²) in [6, 6.07) is 18.8. The van der Waals surface area contributed by atoms with Gasteiger partial charge in [-0.15, -0.1) is 0 Å².